The highest BCUT2D eigenvalue weighted by Crippen LogP contribution is 2.33. The fourth-order valence-electron chi connectivity index (χ4n) is 5.39. The van der Waals surface area contributed by atoms with Crippen LogP contribution in [-0.2, 0) is 14.3 Å². The summed E-state index contributed by atoms with van der Waals surface area (Å²) in [7, 11) is 0. The van der Waals surface area contributed by atoms with E-state index in [1.807, 2.05) is 32.0 Å². The number of ketones is 2. The highest BCUT2D eigenvalue weighted by atomic mass is 19.1. The van der Waals surface area contributed by atoms with Crippen LogP contribution in [0, 0.1) is 11.2 Å². The second-order valence-corrected chi connectivity index (χ2v) is 13.3. The topological polar surface area (TPSA) is 86.5 Å². The van der Waals surface area contributed by atoms with Crippen LogP contribution in [0.2, 0.25) is 0 Å². The lowest BCUT2D eigenvalue weighted by molar-refractivity contribution is -0.121. The number of rotatable bonds is 10. The molecule has 0 saturated heterocycles. The monoisotopic (exact) mass is 601 g/mol. The SMILES string of the molecule is CC(C)OC(=O)c1ccc([C@@H](CCC(C)(C)C)CC(=O)C(N)c2ccc(F)cc2)cc1.O=C1CCC(c2ccccc2)CC1. The van der Waals surface area contributed by atoms with E-state index in [2.05, 4.69) is 45.0 Å². The fourth-order valence-corrected chi connectivity index (χ4v) is 5.39. The molecule has 1 aliphatic rings. The van der Waals surface area contributed by atoms with Crippen LogP contribution < -0.4 is 5.73 Å². The number of benzene rings is 3. The number of ether oxygens (including phenoxy) is 1. The summed E-state index contributed by atoms with van der Waals surface area (Å²) < 4.78 is 18.4. The van der Waals surface area contributed by atoms with Crippen LogP contribution in [0.1, 0.15) is 124 Å². The Hall–Kier alpha value is -3.64. The van der Waals surface area contributed by atoms with Crippen LogP contribution in [0.15, 0.2) is 78.9 Å². The third-order valence-corrected chi connectivity index (χ3v) is 8.04. The molecule has 0 bridgehead atoms. The summed E-state index contributed by atoms with van der Waals surface area (Å²) in [5.41, 5.74) is 9.78. The van der Waals surface area contributed by atoms with Gasteiger partial charge in [0.2, 0.25) is 0 Å². The summed E-state index contributed by atoms with van der Waals surface area (Å²) in [6, 6.07) is 22.7. The Bertz CT molecular complexity index is 1330. The van der Waals surface area contributed by atoms with Crippen molar-refractivity contribution in [3.8, 4) is 0 Å². The summed E-state index contributed by atoms with van der Waals surface area (Å²) in [5, 5.41) is 0. The zero-order valence-corrected chi connectivity index (χ0v) is 26.9. The van der Waals surface area contributed by atoms with Crippen LogP contribution in [0.3, 0.4) is 0 Å². The number of carbonyl (C=O) groups excluding carboxylic acids is 3. The van der Waals surface area contributed by atoms with Crippen LogP contribution in [-0.4, -0.2) is 23.6 Å². The number of esters is 1. The number of hydrogen-bond acceptors (Lipinski definition) is 5. The van der Waals surface area contributed by atoms with E-state index in [0.29, 0.717) is 22.8 Å². The quantitative estimate of drug-likeness (QED) is 0.235. The van der Waals surface area contributed by atoms with E-state index in [9.17, 15) is 18.8 Å². The molecule has 0 amide bonds. The first-order chi connectivity index (χ1) is 20.8. The zero-order valence-electron chi connectivity index (χ0n) is 26.9. The zero-order chi connectivity index (χ0) is 32.3. The van der Waals surface area contributed by atoms with Gasteiger partial charge in [0.15, 0.2) is 5.78 Å². The summed E-state index contributed by atoms with van der Waals surface area (Å²) in [5.74, 6) is 0.234. The van der Waals surface area contributed by atoms with Crippen molar-refractivity contribution in [2.24, 2.45) is 11.1 Å². The molecule has 44 heavy (non-hydrogen) atoms. The second-order valence-electron chi connectivity index (χ2n) is 13.3. The van der Waals surface area contributed by atoms with E-state index in [4.69, 9.17) is 10.5 Å². The molecule has 1 fully saturated rings. The fraction of sp³-hybridized carbons (Fsp3) is 0.447. The molecule has 0 radical (unpaired) electrons. The van der Waals surface area contributed by atoms with Gasteiger partial charge in [0.25, 0.3) is 0 Å². The molecule has 0 spiro atoms. The van der Waals surface area contributed by atoms with E-state index in [-0.39, 0.29) is 41.4 Å². The summed E-state index contributed by atoms with van der Waals surface area (Å²) in [6.07, 6.45) is 5.50. The van der Waals surface area contributed by atoms with Crippen molar-refractivity contribution in [3.05, 3.63) is 107 Å². The van der Waals surface area contributed by atoms with Crippen molar-refractivity contribution < 1.29 is 23.5 Å². The van der Waals surface area contributed by atoms with E-state index < -0.39 is 6.04 Å². The van der Waals surface area contributed by atoms with E-state index in [1.54, 1.807) is 24.3 Å². The van der Waals surface area contributed by atoms with Gasteiger partial charge < -0.3 is 10.5 Å². The number of halogens is 1. The van der Waals surface area contributed by atoms with Crippen molar-refractivity contribution in [2.75, 3.05) is 0 Å². The van der Waals surface area contributed by atoms with Gasteiger partial charge in [-0.3, -0.25) is 9.59 Å². The molecule has 0 aromatic heterocycles. The number of hydrogen-bond donors (Lipinski definition) is 1. The molecule has 4 rings (SSSR count). The van der Waals surface area contributed by atoms with Crippen LogP contribution in [0.4, 0.5) is 4.39 Å². The Morgan fingerprint density at radius 1 is 0.886 bits per heavy atom. The van der Waals surface area contributed by atoms with Gasteiger partial charge in [-0.25, -0.2) is 9.18 Å². The predicted molar refractivity (Wildman–Crippen MR) is 174 cm³/mol. The van der Waals surface area contributed by atoms with Crippen LogP contribution in [0.5, 0.6) is 0 Å². The highest BCUT2D eigenvalue weighted by Gasteiger charge is 2.24. The lowest BCUT2D eigenvalue weighted by Gasteiger charge is -2.24. The molecule has 6 heteroatoms. The first-order valence-electron chi connectivity index (χ1n) is 15.7. The molecular weight excluding hydrogens is 553 g/mol. The molecule has 3 aromatic carbocycles. The minimum Gasteiger partial charge on any atom is -0.459 e. The van der Waals surface area contributed by atoms with Gasteiger partial charge in [-0.05, 0) is 97.7 Å². The van der Waals surface area contributed by atoms with E-state index in [0.717, 1.165) is 44.1 Å². The normalized spacial score (nSPS) is 15.2. The Balaban J connectivity index is 0.000000335. The van der Waals surface area contributed by atoms with Crippen LogP contribution >= 0.6 is 0 Å². The number of carbonyl (C=O) groups is 3. The molecule has 2 atom stereocenters. The molecular formula is C38H48FNO4. The van der Waals surface area contributed by atoms with Crippen molar-refractivity contribution in [1.29, 1.82) is 0 Å². The largest absolute Gasteiger partial charge is 0.459 e. The Morgan fingerprint density at radius 2 is 1.45 bits per heavy atom. The molecule has 0 aliphatic heterocycles. The minimum absolute atomic E-state index is 0.0200. The summed E-state index contributed by atoms with van der Waals surface area (Å²) in [6.45, 7) is 10.1. The Morgan fingerprint density at radius 3 is 2.00 bits per heavy atom. The molecule has 5 nitrogen and oxygen atoms in total. The van der Waals surface area contributed by atoms with Gasteiger partial charge in [0.1, 0.15) is 11.6 Å². The first-order valence-corrected chi connectivity index (χ1v) is 15.7. The van der Waals surface area contributed by atoms with Crippen LogP contribution in [0.25, 0.3) is 0 Å². The second kappa shape index (κ2) is 16.4. The third-order valence-electron chi connectivity index (χ3n) is 8.04. The average Bonchev–Trinajstić information content (AvgIpc) is 2.99. The third kappa shape index (κ3) is 11.5. The minimum atomic E-state index is -0.793. The maximum absolute atomic E-state index is 13.2. The average molecular weight is 602 g/mol. The van der Waals surface area contributed by atoms with Gasteiger partial charge in [0, 0.05) is 19.3 Å². The van der Waals surface area contributed by atoms with Gasteiger partial charge >= 0.3 is 5.97 Å². The van der Waals surface area contributed by atoms with Crippen molar-refractivity contribution in [2.45, 2.75) is 104 Å². The predicted octanol–water partition coefficient (Wildman–Crippen LogP) is 8.87. The van der Waals surface area contributed by atoms with Gasteiger partial charge in [0.05, 0.1) is 17.7 Å². The first kappa shape index (κ1) is 34.8. The van der Waals surface area contributed by atoms with E-state index in [1.165, 1.54) is 17.7 Å². The molecule has 236 valence electrons. The standard InChI is InChI=1S/C26H34FNO3.C12H14O/c1-17(2)31-25(30)20-8-6-18(7-9-20)21(14-15-26(3,4)5)16-23(29)24(28)19-10-12-22(27)13-11-19;13-12-8-6-11(7-9-12)10-4-2-1-3-5-10/h6-13,17,21,24H,14-16,28H2,1-5H3;1-5,11H,6-9H2/t21-,24?;/m0./s1. The van der Waals surface area contributed by atoms with Crippen molar-refractivity contribution in [1.82, 2.24) is 0 Å². The number of nitrogens with two attached hydrogens (primary N) is 1. The molecule has 1 saturated carbocycles. The van der Waals surface area contributed by atoms with Crippen molar-refractivity contribution in [3.63, 3.8) is 0 Å². The number of Topliss-reactive ketones (excluding diaryl/α,β-unsaturated/α-hetero) is 2. The van der Waals surface area contributed by atoms with Gasteiger partial charge in [-0.15, -0.1) is 0 Å². The molecule has 2 N–H and O–H groups in total. The Kier molecular flexibility index (Phi) is 13.0. The Labute approximate surface area is 262 Å². The lowest BCUT2D eigenvalue weighted by Crippen LogP contribution is -2.23. The van der Waals surface area contributed by atoms with E-state index >= 15 is 0 Å². The molecule has 1 aliphatic carbocycles. The smallest absolute Gasteiger partial charge is 0.338 e. The molecule has 1 unspecified atom stereocenters. The maximum atomic E-state index is 13.2. The van der Waals surface area contributed by atoms with Crippen molar-refractivity contribution >= 4 is 17.5 Å². The lowest BCUT2D eigenvalue weighted by atomic mass is 9.81. The summed E-state index contributed by atoms with van der Waals surface area (Å²) >= 11 is 0. The van der Waals surface area contributed by atoms with Gasteiger partial charge in [-0.1, -0.05) is 75.4 Å². The maximum Gasteiger partial charge on any atom is 0.338 e. The molecule has 0 heterocycles. The molecule has 3 aromatic rings. The van der Waals surface area contributed by atoms with Gasteiger partial charge in [-0.2, -0.15) is 0 Å². The highest BCUT2D eigenvalue weighted by molar-refractivity contribution is 5.89. The summed E-state index contributed by atoms with van der Waals surface area (Å²) in [4.78, 5) is 36.1.